The third kappa shape index (κ3) is 4.13. The van der Waals surface area contributed by atoms with Crippen molar-refractivity contribution in [2.45, 2.75) is 12.8 Å². The van der Waals surface area contributed by atoms with E-state index in [2.05, 4.69) is 15.2 Å². The first-order valence-electron chi connectivity index (χ1n) is 11.1. The number of esters is 1. The summed E-state index contributed by atoms with van der Waals surface area (Å²) < 4.78 is 5.18. The van der Waals surface area contributed by atoms with Gasteiger partial charge in [0.2, 0.25) is 0 Å². The zero-order valence-corrected chi connectivity index (χ0v) is 19.5. The van der Waals surface area contributed by atoms with E-state index in [1.807, 2.05) is 18.2 Å². The zero-order chi connectivity index (χ0) is 24.5. The molecule has 0 saturated heterocycles. The quantitative estimate of drug-likeness (QED) is 0.405. The Morgan fingerprint density at radius 1 is 1.14 bits per heavy atom. The van der Waals surface area contributed by atoms with Gasteiger partial charge in [-0.25, -0.2) is 4.79 Å². The molecule has 5 rings (SSSR count). The number of carbonyl (C=O) groups excluding carboxylic acids is 2. The number of fused-ring (bicyclic) bond motifs is 1. The normalized spacial score (nSPS) is 15.1. The highest BCUT2D eigenvalue weighted by molar-refractivity contribution is 6.30. The van der Waals surface area contributed by atoms with Crippen LogP contribution in [-0.4, -0.2) is 40.2 Å². The van der Waals surface area contributed by atoms with Gasteiger partial charge in [-0.05, 0) is 54.4 Å². The van der Waals surface area contributed by atoms with Crippen LogP contribution in [0.25, 0.3) is 11.1 Å². The number of ether oxygens (including phenoxy) is 1. The van der Waals surface area contributed by atoms with Crippen LogP contribution in [0.2, 0.25) is 5.02 Å². The largest absolute Gasteiger partial charge is 0.461 e. The fourth-order valence-corrected chi connectivity index (χ4v) is 4.58. The maximum absolute atomic E-state index is 13.5. The molecule has 1 atom stereocenters. The molecule has 4 aromatic rings. The molecule has 0 radical (unpaired) electrons. The number of rotatable bonds is 5. The molecule has 9 heteroatoms. The number of pyridine rings is 1. The smallest absolute Gasteiger partial charge is 0.356 e. The number of carbonyl (C=O) groups is 2. The van der Waals surface area contributed by atoms with Gasteiger partial charge in [-0.1, -0.05) is 35.9 Å². The number of aromatic amines is 2. The van der Waals surface area contributed by atoms with Gasteiger partial charge in [-0.3, -0.25) is 14.7 Å². The number of amides is 1. The van der Waals surface area contributed by atoms with Crippen molar-refractivity contribution in [2.75, 3.05) is 18.1 Å². The molecule has 0 saturated carbocycles. The van der Waals surface area contributed by atoms with E-state index in [4.69, 9.17) is 16.3 Å². The molecule has 0 fully saturated rings. The Bertz CT molecular complexity index is 1480. The highest BCUT2D eigenvalue weighted by Gasteiger charge is 2.39. The summed E-state index contributed by atoms with van der Waals surface area (Å²) in [4.78, 5) is 42.5. The van der Waals surface area contributed by atoms with E-state index in [1.54, 1.807) is 60.5 Å². The molecule has 0 spiro atoms. The lowest BCUT2D eigenvalue weighted by Gasteiger charge is -2.33. The van der Waals surface area contributed by atoms with E-state index in [1.165, 1.54) is 0 Å². The van der Waals surface area contributed by atoms with Gasteiger partial charge >= 0.3 is 5.97 Å². The number of aromatic nitrogens is 3. The fraction of sp³-hybridized carbons (Fsp3) is 0.154. The molecule has 1 amide bonds. The first-order chi connectivity index (χ1) is 17.0. The Labute approximate surface area is 205 Å². The summed E-state index contributed by atoms with van der Waals surface area (Å²) >= 11 is 6.26. The van der Waals surface area contributed by atoms with Gasteiger partial charge < -0.3 is 14.6 Å². The Balaban J connectivity index is 1.57. The third-order valence-corrected chi connectivity index (χ3v) is 6.24. The van der Waals surface area contributed by atoms with Crippen molar-refractivity contribution in [3.8, 4) is 11.1 Å². The van der Waals surface area contributed by atoms with E-state index in [-0.39, 0.29) is 41.9 Å². The number of halogens is 1. The van der Waals surface area contributed by atoms with Crippen LogP contribution in [0.3, 0.4) is 0 Å². The Morgan fingerprint density at radius 2 is 1.94 bits per heavy atom. The molecule has 1 aliphatic rings. The lowest BCUT2D eigenvalue weighted by atomic mass is 9.85. The third-order valence-electron chi connectivity index (χ3n) is 6.00. The van der Waals surface area contributed by atoms with Crippen molar-refractivity contribution >= 4 is 29.2 Å². The van der Waals surface area contributed by atoms with E-state index in [9.17, 15) is 14.4 Å². The maximum atomic E-state index is 13.5. The summed E-state index contributed by atoms with van der Waals surface area (Å²) in [7, 11) is 0. The van der Waals surface area contributed by atoms with Crippen LogP contribution in [0.1, 0.15) is 44.9 Å². The van der Waals surface area contributed by atoms with Gasteiger partial charge in [0.1, 0.15) is 5.69 Å². The minimum atomic E-state index is -0.563. The van der Waals surface area contributed by atoms with Crippen LogP contribution in [0, 0.1) is 0 Å². The molecule has 0 aliphatic carbocycles. The molecule has 2 aromatic heterocycles. The van der Waals surface area contributed by atoms with Gasteiger partial charge in [0, 0.05) is 40.5 Å². The monoisotopic (exact) mass is 488 g/mol. The van der Waals surface area contributed by atoms with Crippen molar-refractivity contribution in [1.82, 2.24) is 15.2 Å². The van der Waals surface area contributed by atoms with Crippen LogP contribution in [-0.2, 0) is 4.74 Å². The number of nitrogens with zero attached hydrogens (tertiary/aromatic N) is 2. The minimum Gasteiger partial charge on any atom is -0.461 e. The zero-order valence-electron chi connectivity index (χ0n) is 18.7. The Morgan fingerprint density at radius 3 is 2.66 bits per heavy atom. The highest BCUT2D eigenvalue weighted by atomic mass is 35.5. The maximum Gasteiger partial charge on any atom is 0.356 e. The van der Waals surface area contributed by atoms with Gasteiger partial charge in [0.25, 0.3) is 11.5 Å². The van der Waals surface area contributed by atoms with Crippen LogP contribution in [0.15, 0.2) is 71.7 Å². The number of anilines is 1. The van der Waals surface area contributed by atoms with Crippen LogP contribution >= 0.6 is 11.6 Å². The fourth-order valence-electron chi connectivity index (χ4n) is 4.38. The second-order valence-electron chi connectivity index (χ2n) is 8.06. The summed E-state index contributed by atoms with van der Waals surface area (Å²) in [6, 6.07) is 18.0. The van der Waals surface area contributed by atoms with Crippen molar-refractivity contribution in [3.05, 3.63) is 105 Å². The molecular formula is C26H21ClN4O4. The summed E-state index contributed by atoms with van der Waals surface area (Å²) in [6.07, 6.45) is 1.58. The Kier molecular flexibility index (Phi) is 5.96. The van der Waals surface area contributed by atoms with Crippen molar-refractivity contribution in [3.63, 3.8) is 0 Å². The van der Waals surface area contributed by atoms with Gasteiger partial charge in [0.05, 0.1) is 6.61 Å². The molecule has 8 nitrogen and oxygen atoms in total. The number of hydrogen-bond donors (Lipinski definition) is 2. The number of hydrogen-bond acceptors (Lipinski definition) is 5. The van der Waals surface area contributed by atoms with Crippen LogP contribution in [0.5, 0.6) is 0 Å². The van der Waals surface area contributed by atoms with Gasteiger partial charge in [-0.2, -0.15) is 5.10 Å². The number of nitrogens with one attached hydrogen (secondary N) is 2. The van der Waals surface area contributed by atoms with E-state index in [0.717, 1.165) is 11.1 Å². The summed E-state index contributed by atoms with van der Waals surface area (Å²) in [5.41, 5.74) is 3.39. The summed E-state index contributed by atoms with van der Waals surface area (Å²) in [5, 5.41) is 7.45. The standard InChI is InChI=1S/C26H21ClN4O4/c1-2-35-26(34)23-21-20(16-5-3-6-17(27)13-16)14-31(25(33)22(21)29-30-23)18-10-8-15(9-11-18)19-7-4-12-28-24(19)32/h3-13,20H,2,14H2,1H3,(H,28,32)(H,29,30). The molecule has 3 heterocycles. The summed E-state index contributed by atoms with van der Waals surface area (Å²) in [6.45, 7) is 2.18. The highest BCUT2D eigenvalue weighted by Crippen LogP contribution is 2.38. The predicted molar refractivity (Wildman–Crippen MR) is 132 cm³/mol. The topological polar surface area (TPSA) is 108 Å². The molecule has 176 valence electrons. The van der Waals surface area contributed by atoms with E-state index >= 15 is 0 Å². The number of H-pyrrole nitrogens is 2. The average molecular weight is 489 g/mol. The van der Waals surface area contributed by atoms with Crippen molar-refractivity contribution in [2.24, 2.45) is 0 Å². The first-order valence-corrected chi connectivity index (χ1v) is 11.5. The van der Waals surface area contributed by atoms with Gasteiger partial charge in [-0.15, -0.1) is 0 Å². The molecule has 1 unspecified atom stereocenters. The molecule has 2 N–H and O–H groups in total. The second kappa shape index (κ2) is 9.23. The average Bonchev–Trinajstić information content (AvgIpc) is 3.31. The molecule has 35 heavy (non-hydrogen) atoms. The summed E-state index contributed by atoms with van der Waals surface area (Å²) in [5.74, 6) is -1.27. The second-order valence-corrected chi connectivity index (χ2v) is 8.50. The van der Waals surface area contributed by atoms with Crippen LogP contribution < -0.4 is 10.5 Å². The number of benzene rings is 2. The lowest BCUT2D eigenvalue weighted by molar-refractivity contribution is 0.0518. The van der Waals surface area contributed by atoms with E-state index in [0.29, 0.717) is 21.8 Å². The minimum absolute atomic E-state index is 0.160. The SMILES string of the molecule is CCOC(=O)c1[nH]nc2c1C(c1cccc(Cl)c1)CN(c1ccc(-c3ccc[nH]c3=O)cc1)C2=O. The Hall–Kier alpha value is -4.17. The molecule has 1 aliphatic heterocycles. The first kappa shape index (κ1) is 22.6. The van der Waals surface area contributed by atoms with Gasteiger partial charge in [0.15, 0.2) is 5.69 Å². The van der Waals surface area contributed by atoms with Crippen molar-refractivity contribution in [1.29, 1.82) is 0 Å². The molecular weight excluding hydrogens is 468 g/mol. The van der Waals surface area contributed by atoms with Crippen LogP contribution in [0.4, 0.5) is 5.69 Å². The predicted octanol–water partition coefficient (Wildman–Crippen LogP) is 4.39. The van der Waals surface area contributed by atoms with Crippen molar-refractivity contribution < 1.29 is 14.3 Å². The van der Waals surface area contributed by atoms with E-state index < -0.39 is 5.97 Å². The molecule has 2 aromatic carbocycles. The molecule has 0 bridgehead atoms. The lowest BCUT2D eigenvalue weighted by Crippen LogP contribution is -2.40.